The van der Waals surface area contributed by atoms with Gasteiger partial charge in [0.05, 0.1) is 20.6 Å². The minimum Gasteiger partial charge on any atom is -0.458 e. The number of rotatable bonds is 15. The Balaban J connectivity index is 1.30. The van der Waals surface area contributed by atoms with Crippen molar-refractivity contribution in [3.63, 3.8) is 0 Å². The average Bonchev–Trinajstić information content (AvgIpc) is 3.27. The number of unbranched alkanes of at least 4 members (excludes halogenated alkanes) is 5. The molecule has 0 aromatic heterocycles. The summed E-state index contributed by atoms with van der Waals surface area (Å²) in [6.45, 7) is 16.5. The largest absolute Gasteiger partial charge is 0.458 e. The lowest BCUT2D eigenvalue weighted by Gasteiger charge is -2.58. The van der Waals surface area contributed by atoms with E-state index in [9.17, 15) is 4.79 Å². The molecule has 0 aromatic rings. The molecule has 8 atom stereocenters. The van der Waals surface area contributed by atoms with Gasteiger partial charge in [-0.3, -0.25) is 0 Å². The third-order valence-electron chi connectivity index (χ3n) is 13.2. The second kappa shape index (κ2) is 14.5. The van der Waals surface area contributed by atoms with Gasteiger partial charge in [0.15, 0.2) is 6.54 Å². The quantitative estimate of drug-likeness (QED) is 0.0828. The Kier molecular flexibility index (Phi) is 11.8. The third-order valence-corrected chi connectivity index (χ3v) is 13.2. The highest BCUT2D eigenvalue weighted by molar-refractivity contribution is 5.70. The lowest BCUT2D eigenvalue weighted by molar-refractivity contribution is -0.883. The summed E-state index contributed by atoms with van der Waals surface area (Å²) in [4.78, 5) is 13.1. The van der Waals surface area contributed by atoms with Crippen molar-refractivity contribution >= 4 is 5.97 Å². The van der Waals surface area contributed by atoms with Crippen molar-refractivity contribution < 1.29 is 14.0 Å². The number of quaternary nitrogens is 1. The zero-order valence-electron chi connectivity index (χ0n) is 29.3. The molecule has 4 aliphatic carbocycles. The standard InChI is InChI=1S/C39H70NO2/c1-9-10-11-12-13-14-26-40(7,8)28-37(41)42-32-22-24-38(5)31(27-32)18-19-33-35-21-20-34(30(4)17-15-16-29(2)3)39(35,6)25-23-36(33)38/h18,29-30,32-36H,9-17,19-28H2,1-8H3/q+1/t30-,32+,33+,34-,35+,36+,38+,39-/m1/s1. The van der Waals surface area contributed by atoms with E-state index >= 15 is 0 Å². The first-order valence-corrected chi connectivity index (χ1v) is 18.6. The van der Waals surface area contributed by atoms with E-state index in [1.807, 2.05) is 0 Å². The molecule has 3 saturated carbocycles. The molecule has 0 amide bonds. The Morgan fingerprint density at radius 3 is 2.40 bits per heavy atom. The van der Waals surface area contributed by atoms with E-state index in [-0.39, 0.29) is 12.1 Å². The Hall–Kier alpha value is -0.830. The number of hydrogen-bond donors (Lipinski definition) is 0. The van der Waals surface area contributed by atoms with Gasteiger partial charge in [-0.05, 0) is 104 Å². The summed E-state index contributed by atoms with van der Waals surface area (Å²) in [5, 5.41) is 0. The SMILES string of the molecule is CCCCCCCC[N+](C)(C)CC(=O)O[C@H]1CC[C@@]2(C)C(=CC[C@H]3[C@@H]4CC[C@H]([C@H](C)CCCC(C)C)[C@@]4(C)CC[C@@H]32)C1. The Morgan fingerprint density at radius 1 is 0.929 bits per heavy atom. The Bertz CT molecular complexity index is 906. The number of likely N-dealkylation sites (N-methyl/N-ethyl adjacent to an activating group) is 1. The van der Waals surface area contributed by atoms with E-state index in [0.29, 0.717) is 17.4 Å². The minimum absolute atomic E-state index is 0.0156. The molecule has 0 radical (unpaired) electrons. The molecule has 0 bridgehead atoms. The topological polar surface area (TPSA) is 26.3 Å². The van der Waals surface area contributed by atoms with Crippen LogP contribution < -0.4 is 0 Å². The molecular formula is C39H70NO2+. The lowest BCUT2D eigenvalue weighted by atomic mass is 9.47. The van der Waals surface area contributed by atoms with Gasteiger partial charge in [-0.1, -0.05) is 98.1 Å². The molecule has 242 valence electrons. The summed E-state index contributed by atoms with van der Waals surface area (Å²) < 4.78 is 6.94. The van der Waals surface area contributed by atoms with Crippen LogP contribution in [0.15, 0.2) is 11.6 Å². The van der Waals surface area contributed by atoms with Gasteiger partial charge in [0.1, 0.15) is 6.10 Å². The van der Waals surface area contributed by atoms with Crippen LogP contribution in [0.5, 0.6) is 0 Å². The number of ether oxygens (including phenoxy) is 1. The van der Waals surface area contributed by atoms with Crippen LogP contribution in [0.4, 0.5) is 0 Å². The van der Waals surface area contributed by atoms with Crippen LogP contribution in [0.1, 0.15) is 151 Å². The van der Waals surface area contributed by atoms with Crippen molar-refractivity contribution in [3.8, 4) is 0 Å². The van der Waals surface area contributed by atoms with Gasteiger partial charge in [0.25, 0.3) is 0 Å². The first kappa shape index (κ1) is 34.1. The van der Waals surface area contributed by atoms with Crippen LogP contribution >= 0.6 is 0 Å². The summed E-state index contributed by atoms with van der Waals surface area (Å²) in [7, 11) is 4.40. The molecule has 0 aromatic carbocycles. The number of allylic oxidation sites excluding steroid dienone is 1. The van der Waals surface area contributed by atoms with Crippen molar-refractivity contribution in [3.05, 3.63) is 11.6 Å². The zero-order chi connectivity index (χ0) is 30.5. The Labute approximate surface area is 261 Å². The number of carbonyl (C=O) groups excluding carboxylic acids is 1. The van der Waals surface area contributed by atoms with Crippen LogP contribution in [0.3, 0.4) is 0 Å². The van der Waals surface area contributed by atoms with Crippen LogP contribution in [0, 0.1) is 46.3 Å². The van der Waals surface area contributed by atoms with Gasteiger partial charge in [0.2, 0.25) is 0 Å². The van der Waals surface area contributed by atoms with Crippen molar-refractivity contribution in [2.45, 2.75) is 157 Å². The molecule has 0 aliphatic heterocycles. The molecule has 3 nitrogen and oxygen atoms in total. The fourth-order valence-electron chi connectivity index (χ4n) is 10.7. The summed E-state index contributed by atoms with van der Waals surface area (Å²) in [6.07, 6.45) is 25.0. The second-order valence-corrected chi connectivity index (χ2v) is 17.2. The van der Waals surface area contributed by atoms with E-state index in [4.69, 9.17) is 4.74 Å². The molecule has 0 unspecified atom stereocenters. The molecule has 0 saturated heterocycles. The smallest absolute Gasteiger partial charge is 0.362 e. The van der Waals surface area contributed by atoms with Crippen LogP contribution in [-0.4, -0.2) is 43.7 Å². The van der Waals surface area contributed by atoms with Gasteiger partial charge in [0, 0.05) is 6.42 Å². The number of hydrogen-bond acceptors (Lipinski definition) is 2. The summed E-state index contributed by atoms with van der Waals surface area (Å²) >= 11 is 0. The second-order valence-electron chi connectivity index (χ2n) is 17.2. The van der Waals surface area contributed by atoms with Crippen molar-refractivity contribution in [2.24, 2.45) is 46.3 Å². The average molecular weight is 585 g/mol. The summed E-state index contributed by atoms with van der Waals surface area (Å²) in [5.41, 5.74) is 2.50. The molecule has 4 rings (SSSR count). The molecule has 0 heterocycles. The van der Waals surface area contributed by atoms with Crippen molar-refractivity contribution in [1.29, 1.82) is 0 Å². The molecule has 42 heavy (non-hydrogen) atoms. The predicted octanol–water partition coefficient (Wildman–Crippen LogP) is 10.4. The summed E-state index contributed by atoms with van der Waals surface area (Å²) in [6, 6.07) is 0. The van der Waals surface area contributed by atoms with Gasteiger partial charge >= 0.3 is 5.97 Å². The monoisotopic (exact) mass is 585 g/mol. The van der Waals surface area contributed by atoms with Gasteiger partial charge < -0.3 is 9.22 Å². The van der Waals surface area contributed by atoms with Crippen LogP contribution in [0.2, 0.25) is 0 Å². The number of carbonyl (C=O) groups is 1. The van der Waals surface area contributed by atoms with Crippen LogP contribution in [-0.2, 0) is 9.53 Å². The van der Waals surface area contributed by atoms with E-state index < -0.39 is 0 Å². The third kappa shape index (κ3) is 7.87. The highest BCUT2D eigenvalue weighted by Crippen LogP contribution is 2.67. The van der Waals surface area contributed by atoms with E-state index in [1.54, 1.807) is 5.57 Å². The number of nitrogens with zero attached hydrogens (tertiary/aromatic N) is 1. The molecule has 0 N–H and O–H groups in total. The summed E-state index contributed by atoms with van der Waals surface area (Å²) in [5.74, 6) is 5.25. The molecule has 0 spiro atoms. The van der Waals surface area contributed by atoms with Gasteiger partial charge in [-0.25, -0.2) is 4.79 Å². The zero-order valence-corrected chi connectivity index (χ0v) is 29.3. The van der Waals surface area contributed by atoms with E-state index in [2.05, 4.69) is 61.7 Å². The highest BCUT2D eigenvalue weighted by Gasteiger charge is 2.59. The maximum absolute atomic E-state index is 13.1. The van der Waals surface area contributed by atoms with Gasteiger partial charge in [-0.15, -0.1) is 0 Å². The van der Waals surface area contributed by atoms with Crippen LogP contribution in [0.25, 0.3) is 0 Å². The number of esters is 1. The normalized spacial score (nSPS) is 35.3. The maximum atomic E-state index is 13.1. The van der Waals surface area contributed by atoms with E-state index in [1.165, 1.54) is 96.3 Å². The first-order valence-electron chi connectivity index (χ1n) is 18.6. The first-order chi connectivity index (χ1) is 19.9. The molecule has 3 fully saturated rings. The Morgan fingerprint density at radius 2 is 1.67 bits per heavy atom. The maximum Gasteiger partial charge on any atom is 0.362 e. The van der Waals surface area contributed by atoms with Crippen molar-refractivity contribution in [2.75, 3.05) is 27.2 Å². The molecular weight excluding hydrogens is 514 g/mol. The van der Waals surface area contributed by atoms with Gasteiger partial charge in [-0.2, -0.15) is 0 Å². The molecule has 3 heteroatoms. The highest BCUT2D eigenvalue weighted by atomic mass is 16.5. The van der Waals surface area contributed by atoms with E-state index in [0.717, 1.165) is 59.4 Å². The lowest BCUT2D eigenvalue weighted by Crippen LogP contribution is -2.51. The predicted molar refractivity (Wildman–Crippen MR) is 178 cm³/mol. The molecule has 4 aliphatic rings. The van der Waals surface area contributed by atoms with Crippen molar-refractivity contribution in [1.82, 2.24) is 0 Å². The minimum atomic E-state index is 0.0156. The fourth-order valence-corrected chi connectivity index (χ4v) is 10.7. The fraction of sp³-hybridized carbons (Fsp3) is 0.923. The number of fused-ring (bicyclic) bond motifs is 5.